The Balaban J connectivity index is 1.65. The van der Waals surface area contributed by atoms with Crippen LogP contribution < -0.4 is 16.6 Å². The van der Waals surface area contributed by atoms with Gasteiger partial charge in [0.25, 0.3) is 11.4 Å². The van der Waals surface area contributed by atoms with Gasteiger partial charge in [-0.3, -0.25) is 14.5 Å². The highest BCUT2D eigenvalue weighted by Gasteiger charge is 2.22. The Morgan fingerprint density at radius 1 is 1.24 bits per heavy atom. The molecule has 0 aliphatic carbocycles. The molecular weight excluding hydrogens is 446 g/mol. The van der Waals surface area contributed by atoms with Crippen LogP contribution >= 0.6 is 11.6 Å². The summed E-state index contributed by atoms with van der Waals surface area (Å²) in [6.45, 7) is 3.59. The van der Waals surface area contributed by atoms with Gasteiger partial charge in [0.2, 0.25) is 0 Å². The third-order valence-corrected chi connectivity index (χ3v) is 5.38. The van der Waals surface area contributed by atoms with Gasteiger partial charge >= 0.3 is 0 Å². The number of hydrogen-bond acceptors (Lipinski definition) is 9. The lowest BCUT2D eigenvalue weighted by Gasteiger charge is -2.21. The van der Waals surface area contributed by atoms with E-state index in [0.29, 0.717) is 39.1 Å². The summed E-state index contributed by atoms with van der Waals surface area (Å²) >= 11 is 6.14. The molecule has 12 heteroatoms. The van der Waals surface area contributed by atoms with Crippen molar-refractivity contribution >= 4 is 34.0 Å². The highest BCUT2D eigenvalue weighted by molar-refractivity contribution is 6.31. The second-order valence-corrected chi connectivity index (χ2v) is 7.81. The molecule has 1 atom stereocenters. The van der Waals surface area contributed by atoms with Crippen molar-refractivity contribution in [3.8, 4) is 17.3 Å². The van der Waals surface area contributed by atoms with E-state index in [-0.39, 0.29) is 17.3 Å². The number of aryl methyl sites for hydroxylation is 1. The molecule has 0 fully saturated rings. The van der Waals surface area contributed by atoms with E-state index in [1.807, 2.05) is 13.0 Å². The third-order valence-electron chi connectivity index (χ3n) is 5.14. The van der Waals surface area contributed by atoms with Crippen LogP contribution in [0.2, 0.25) is 5.02 Å². The molecule has 5 aromatic rings. The van der Waals surface area contributed by atoms with Crippen molar-refractivity contribution in [3.63, 3.8) is 0 Å². The summed E-state index contributed by atoms with van der Waals surface area (Å²) in [7, 11) is 0. The molecular formula is C21H18ClN9O2. The van der Waals surface area contributed by atoms with Crippen LogP contribution in [0.1, 0.15) is 24.5 Å². The van der Waals surface area contributed by atoms with Crippen molar-refractivity contribution in [1.29, 1.82) is 0 Å². The number of rotatable bonds is 5. The molecule has 4 heterocycles. The van der Waals surface area contributed by atoms with Gasteiger partial charge in [0.05, 0.1) is 11.7 Å². The van der Waals surface area contributed by atoms with E-state index in [1.54, 1.807) is 37.4 Å². The number of nitrogens with zero attached hydrogens (tertiary/aromatic N) is 6. The second-order valence-electron chi connectivity index (χ2n) is 7.37. The van der Waals surface area contributed by atoms with E-state index in [4.69, 9.17) is 21.9 Å². The smallest absolute Gasteiger partial charge is 0.265 e. The zero-order valence-corrected chi connectivity index (χ0v) is 18.3. The lowest BCUT2D eigenvalue weighted by Crippen LogP contribution is -2.26. The molecule has 0 saturated heterocycles. The first-order valence-corrected chi connectivity index (χ1v) is 10.3. The maximum Gasteiger partial charge on any atom is 0.265 e. The van der Waals surface area contributed by atoms with Gasteiger partial charge in [-0.2, -0.15) is 10.1 Å². The minimum absolute atomic E-state index is 0.182. The van der Waals surface area contributed by atoms with Gasteiger partial charge in [0.1, 0.15) is 23.5 Å². The first-order chi connectivity index (χ1) is 15.9. The van der Waals surface area contributed by atoms with E-state index < -0.39 is 6.04 Å². The second kappa shape index (κ2) is 8.02. The fourth-order valence-electron chi connectivity index (χ4n) is 3.63. The first kappa shape index (κ1) is 20.6. The van der Waals surface area contributed by atoms with Crippen LogP contribution in [0, 0.1) is 6.92 Å². The number of nitrogens with one attached hydrogen (secondary N) is 2. The van der Waals surface area contributed by atoms with E-state index in [2.05, 4.69) is 35.6 Å². The summed E-state index contributed by atoms with van der Waals surface area (Å²) in [5, 5.41) is 15.8. The minimum Gasteiger partial charge on any atom is -0.383 e. The summed E-state index contributed by atoms with van der Waals surface area (Å²) < 4.78 is 6.81. The number of H-pyrrole nitrogens is 1. The molecule has 33 heavy (non-hydrogen) atoms. The lowest BCUT2D eigenvalue weighted by molar-refractivity contribution is 0.425. The van der Waals surface area contributed by atoms with Crippen molar-refractivity contribution in [2.45, 2.75) is 19.9 Å². The number of hydrogen-bond donors (Lipinski definition) is 3. The van der Waals surface area contributed by atoms with Crippen molar-refractivity contribution in [1.82, 2.24) is 34.9 Å². The van der Waals surface area contributed by atoms with Crippen LogP contribution in [0.4, 0.5) is 11.6 Å². The number of nitrogens with two attached hydrogens (primary N) is 1. The summed E-state index contributed by atoms with van der Waals surface area (Å²) in [4.78, 5) is 26.1. The van der Waals surface area contributed by atoms with Gasteiger partial charge in [0.15, 0.2) is 11.6 Å². The summed E-state index contributed by atoms with van der Waals surface area (Å²) in [5.41, 5.74) is 6.87. The molecule has 0 saturated carbocycles. The third kappa shape index (κ3) is 3.68. The van der Waals surface area contributed by atoms with Gasteiger partial charge in [0, 0.05) is 22.7 Å². The van der Waals surface area contributed by atoms with Gasteiger partial charge < -0.3 is 15.6 Å². The molecule has 11 nitrogen and oxygen atoms in total. The van der Waals surface area contributed by atoms with Gasteiger partial charge in [-0.1, -0.05) is 22.8 Å². The van der Waals surface area contributed by atoms with Crippen LogP contribution in [0.5, 0.6) is 0 Å². The Hall–Kier alpha value is -4.25. The standard InChI is InChI=1S/C21H18ClN9O2/c1-10(27-19-17(18(23)24-9-25-19)20-28-11(2)30-33-20)15-7-12-3-4-13(22)8-14(12)21(32)31(15)16-5-6-26-29-16/h3-10H,1-2H3,(H,26,29)(H3,23,24,25,27). The lowest BCUT2D eigenvalue weighted by atomic mass is 10.1. The van der Waals surface area contributed by atoms with Crippen LogP contribution in [0.15, 0.2) is 52.2 Å². The van der Waals surface area contributed by atoms with E-state index in [1.165, 1.54) is 10.9 Å². The monoisotopic (exact) mass is 463 g/mol. The molecule has 4 aromatic heterocycles. The molecule has 0 amide bonds. The van der Waals surface area contributed by atoms with Crippen molar-refractivity contribution < 1.29 is 4.52 Å². The van der Waals surface area contributed by atoms with Crippen LogP contribution in [-0.4, -0.2) is 34.9 Å². The summed E-state index contributed by atoms with van der Waals surface area (Å²) in [6, 6.07) is 8.39. The zero-order valence-electron chi connectivity index (χ0n) is 17.6. The van der Waals surface area contributed by atoms with Crippen molar-refractivity contribution in [3.05, 3.63) is 69.8 Å². The average molecular weight is 464 g/mol. The largest absolute Gasteiger partial charge is 0.383 e. The number of anilines is 2. The van der Waals surface area contributed by atoms with Crippen molar-refractivity contribution in [2.75, 3.05) is 11.1 Å². The number of pyridine rings is 1. The number of aromatic amines is 1. The Kier molecular flexibility index (Phi) is 5.02. The number of benzene rings is 1. The summed E-state index contributed by atoms with van der Waals surface area (Å²) in [5.74, 6) is 1.66. The molecule has 0 bridgehead atoms. The molecule has 5 rings (SSSR count). The number of fused-ring (bicyclic) bond motifs is 1. The zero-order chi connectivity index (χ0) is 23.1. The molecule has 0 aliphatic rings. The maximum atomic E-state index is 13.4. The van der Waals surface area contributed by atoms with Gasteiger partial charge in [-0.25, -0.2) is 9.97 Å². The van der Waals surface area contributed by atoms with Crippen LogP contribution in [0.25, 0.3) is 28.0 Å². The minimum atomic E-state index is -0.411. The number of aromatic nitrogens is 7. The quantitative estimate of drug-likeness (QED) is 0.356. The Labute approximate surface area is 191 Å². The molecule has 1 unspecified atom stereocenters. The average Bonchev–Trinajstić information content (AvgIpc) is 3.46. The van der Waals surface area contributed by atoms with Gasteiger partial charge in [-0.05, 0) is 37.4 Å². The van der Waals surface area contributed by atoms with Crippen molar-refractivity contribution in [2.24, 2.45) is 0 Å². The fraction of sp³-hybridized carbons (Fsp3) is 0.143. The predicted molar refractivity (Wildman–Crippen MR) is 123 cm³/mol. The first-order valence-electron chi connectivity index (χ1n) is 9.95. The fourth-order valence-corrected chi connectivity index (χ4v) is 3.80. The maximum absolute atomic E-state index is 13.4. The Morgan fingerprint density at radius 2 is 2.09 bits per heavy atom. The number of nitrogen functional groups attached to an aromatic ring is 1. The highest BCUT2D eigenvalue weighted by atomic mass is 35.5. The van der Waals surface area contributed by atoms with Crippen LogP contribution in [-0.2, 0) is 0 Å². The van der Waals surface area contributed by atoms with Crippen LogP contribution in [0.3, 0.4) is 0 Å². The highest BCUT2D eigenvalue weighted by Crippen LogP contribution is 2.32. The molecule has 166 valence electrons. The Morgan fingerprint density at radius 3 is 2.82 bits per heavy atom. The van der Waals surface area contributed by atoms with Gasteiger partial charge in [-0.15, -0.1) is 0 Å². The number of halogens is 1. The van der Waals surface area contributed by atoms with E-state index in [9.17, 15) is 4.79 Å². The SMILES string of the molecule is Cc1noc(-c2c(N)ncnc2NC(C)c2cc3ccc(Cl)cc3c(=O)n2-c2cc[nH]n2)n1. The molecule has 1 aromatic carbocycles. The molecule has 0 spiro atoms. The normalized spacial score (nSPS) is 12.2. The topological polar surface area (TPSA) is 153 Å². The van der Waals surface area contributed by atoms with E-state index >= 15 is 0 Å². The Bertz CT molecular complexity index is 1530. The molecule has 4 N–H and O–H groups in total. The molecule has 0 radical (unpaired) electrons. The summed E-state index contributed by atoms with van der Waals surface area (Å²) in [6.07, 6.45) is 2.98. The predicted octanol–water partition coefficient (Wildman–Crippen LogP) is 3.27. The molecule has 0 aliphatic heterocycles. The van der Waals surface area contributed by atoms with E-state index in [0.717, 1.165) is 5.39 Å².